The van der Waals surface area contributed by atoms with E-state index >= 15 is 0 Å². The molecule has 0 saturated carbocycles. The molecule has 0 aliphatic rings. The Morgan fingerprint density at radius 3 is 2.41 bits per heavy atom. The highest BCUT2D eigenvalue weighted by Crippen LogP contribution is 2.17. The van der Waals surface area contributed by atoms with Gasteiger partial charge < -0.3 is 4.74 Å². The second-order valence-electron chi connectivity index (χ2n) is 4.65. The summed E-state index contributed by atoms with van der Waals surface area (Å²) in [6, 6.07) is 2.32. The van der Waals surface area contributed by atoms with E-state index in [9.17, 15) is 0 Å². The highest BCUT2D eigenvalue weighted by Gasteiger charge is 2.12. The Morgan fingerprint density at radius 2 is 1.82 bits per heavy atom. The van der Waals surface area contributed by atoms with Gasteiger partial charge in [0.15, 0.2) is 0 Å². The summed E-state index contributed by atoms with van der Waals surface area (Å²) in [5.41, 5.74) is 0. The molecule has 0 amide bonds. The molecule has 96 valence electrons. The molecule has 3 heteroatoms. The van der Waals surface area contributed by atoms with Crippen molar-refractivity contribution in [2.24, 2.45) is 5.92 Å². The molecule has 0 spiro atoms. The van der Waals surface area contributed by atoms with Gasteiger partial charge in [-0.15, -0.1) is 0 Å². The van der Waals surface area contributed by atoms with Crippen LogP contribution >= 0.6 is 0 Å². The Kier molecular flexibility index (Phi) is 6.60. The molecule has 1 rings (SSSR count). The third kappa shape index (κ3) is 5.66. The molecule has 0 aromatic carbocycles. The summed E-state index contributed by atoms with van der Waals surface area (Å²) >= 11 is 0. The molecule has 0 N–H and O–H groups in total. The van der Waals surface area contributed by atoms with Crippen LogP contribution in [0.15, 0.2) is 18.5 Å². The van der Waals surface area contributed by atoms with Gasteiger partial charge in [0.05, 0.1) is 0 Å². The van der Waals surface area contributed by atoms with Crippen LogP contribution < -0.4 is 4.74 Å². The van der Waals surface area contributed by atoms with Crippen molar-refractivity contribution in [2.45, 2.75) is 59.0 Å². The summed E-state index contributed by atoms with van der Waals surface area (Å²) in [5.74, 6) is 0.773. The SMILES string of the molecule is CCCC(CCC(C)CC)Oc1ncccn1. The first kappa shape index (κ1) is 13.9. The van der Waals surface area contributed by atoms with Crippen LogP contribution in [0.2, 0.25) is 0 Å². The Hall–Kier alpha value is -1.12. The minimum absolute atomic E-state index is 0.261. The third-order valence-corrected chi connectivity index (χ3v) is 3.10. The van der Waals surface area contributed by atoms with E-state index in [4.69, 9.17) is 4.74 Å². The topological polar surface area (TPSA) is 35.0 Å². The lowest BCUT2D eigenvalue weighted by atomic mass is 9.99. The zero-order valence-electron chi connectivity index (χ0n) is 11.2. The largest absolute Gasteiger partial charge is 0.460 e. The summed E-state index contributed by atoms with van der Waals surface area (Å²) in [7, 11) is 0. The van der Waals surface area contributed by atoms with Gasteiger partial charge in [0.25, 0.3) is 0 Å². The van der Waals surface area contributed by atoms with E-state index in [0.717, 1.165) is 25.2 Å². The molecule has 0 aliphatic carbocycles. The number of hydrogen-bond donors (Lipinski definition) is 0. The molecule has 2 atom stereocenters. The molecule has 1 aromatic heterocycles. The minimum Gasteiger partial charge on any atom is -0.460 e. The fourth-order valence-electron chi connectivity index (χ4n) is 1.75. The molecule has 0 radical (unpaired) electrons. The second kappa shape index (κ2) is 8.04. The van der Waals surface area contributed by atoms with E-state index in [-0.39, 0.29) is 6.10 Å². The number of hydrogen-bond acceptors (Lipinski definition) is 3. The lowest BCUT2D eigenvalue weighted by Crippen LogP contribution is -2.18. The number of ether oxygens (including phenoxy) is 1. The van der Waals surface area contributed by atoms with Gasteiger partial charge in [0.1, 0.15) is 6.10 Å². The maximum atomic E-state index is 5.83. The molecular formula is C14H24N2O. The molecule has 0 fully saturated rings. The van der Waals surface area contributed by atoms with Gasteiger partial charge in [0.2, 0.25) is 0 Å². The molecule has 0 bridgehead atoms. The van der Waals surface area contributed by atoms with Crippen LogP contribution in [0.4, 0.5) is 0 Å². The standard InChI is InChI=1S/C14H24N2O/c1-4-7-13(9-8-12(3)5-2)17-14-15-10-6-11-16-14/h6,10-13H,4-5,7-9H2,1-3H3. The third-order valence-electron chi connectivity index (χ3n) is 3.10. The Labute approximate surface area is 105 Å². The Morgan fingerprint density at radius 1 is 1.12 bits per heavy atom. The van der Waals surface area contributed by atoms with Crippen molar-refractivity contribution in [2.75, 3.05) is 0 Å². The number of nitrogens with zero attached hydrogens (tertiary/aromatic N) is 2. The fraction of sp³-hybridized carbons (Fsp3) is 0.714. The fourth-order valence-corrected chi connectivity index (χ4v) is 1.75. The van der Waals surface area contributed by atoms with Gasteiger partial charge in [-0.05, 0) is 31.2 Å². The van der Waals surface area contributed by atoms with Gasteiger partial charge in [0, 0.05) is 12.4 Å². The van der Waals surface area contributed by atoms with Gasteiger partial charge in [-0.3, -0.25) is 0 Å². The van der Waals surface area contributed by atoms with Crippen molar-refractivity contribution in [1.29, 1.82) is 0 Å². The van der Waals surface area contributed by atoms with Crippen LogP contribution in [0, 0.1) is 5.92 Å². The summed E-state index contributed by atoms with van der Waals surface area (Å²) in [4.78, 5) is 8.23. The summed E-state index contributed by atoms with van der Waals surface area (Å²) in [6.07, 6.45) is 9.47. The predicted molar refractivity (Wildman–Crippen MR) is 70.0 cm³/mol. The molecular weight excluding hydrogens is 212 g/mol. The maximum Gasteiger partial charge on any atom is 0.316 e. The predicted octanol–water partition coefficient (Wildman–Crippen LogP) is 3.85. The zero-order chi connectivity index (χ0) is 12.5. The Bertz CT molecular complexity index is 290. The first-order chi connectivity index (χ1) is 8.26. The first-order valence-electron chi connectivity index (χ1n) is 6.69. The van der Waals surface area contributed by atoms with Gasteiger partial charge >= 0.3 is 6.01 Å². The minimum atomic E-state index is 0.261. The average molecular weight is 236 g/mol. The van der Waals surface area contributed by atoms with E-state index in [1.807, 2.05) is 0 Å². The van der Waals surface area contributed by atoms with Crippen LogP contribution in [0.1, 0.15) is 52.9 Å². The highest BCUT2D eigenvalue weighted by molar-refractivity contribution is 4.94. The van der Waals surface area contributed by atoms with Crippen molar-refractivity contribution in [3.63, 3.8) is 0 Å². The second-order valence-corrected chi connectivity index (χ2v) is 4.65. The normalized spacial score (nSPS) is 14.3. The van der Waals surface area contributed by atoms with E-state index in [1.54, 1.807) is 18.5 Å². The van der Waals surface area contributed by atoms with E-state index < -0.39 is 0 Å². The van der Waals surface area contributed by atoms with Crippen molar-refractivity contribution >= 4 is 0 Å². The van der Waals surface area contributed by atoms with Gasteiger partial charge in [-0.25, -0.2) is 9.97 Å². The lowest BCUT2D eigenvalue weighted by Gasteiger charge is -2.18. The summed E-state index contributed by atoms with van der Waals surface area (Å²) in [5, 5.41) is 0. The van der Waals surface area contributed by atoms with Crippen molar-refractivity contribution < 1.29 is 4.74 Å². The van der Waals surface area contributed by atoms with Gasteiger partial charge in [-0.2, -0.15) is 0 Å². The van der Waals surface area contributed by atoms with Crippen LogP contribution in [0.25, 0.3) is 0 Å². The molecule has 1 aromatic rings. The summed E-state index contributed by atoms with van der Waals surface area (Å²) < 4.78 is 5.83. The smallest absolute Gasteiger partial charge is 0.316 e. The molecule has 0 aliphatic heterocycles. The molecule has 2 unspecified atom stereocenters. The monoisotopic (exact) mass is 236 g/mol. The van der Waals surface area contributed by atoms with Crippen molar-refractivity contribution in [1.82, 2.24) is 9.97 Å². The maximum absolute atomic E-state index is 5.83. The van der Waals surface area contributed by atoms with Crippen LogP contribution in [0.3, 0.4) is 0 Å². The highest BCUT2D eigenvalue weighted by atomic mass is 16.5. The Balaban J connectivity index is 2.43. The van der Waals surface area contributed by atoms with E-state index in [1.165, 1.54) is 12.8 Å². The number of rotatable bonds is 8. The average Bonchev–Trinajstić information content (AvgIpc) is 2.37. The van der Waals surface area contributed by atoms with Crippen molar-refractivity contribution in [3.8, 4) is 6.01 Å². The first-order valence-corrected chi connectivity index (χ1v) is 6.69. The molecule has 1 heterocycles. The van der Waals surface area contributed by atoms with E-state index in [2.05, 4.69) is 30.7 Å². The van der Waals surface area contributed by atoms with Crippen LogP contribution in [-0.4, -0.2) is 16.1 Å². The van der Waals surface area contributed by atoms with E-state index in [0.29, 0.717) is 6.01 Å². The quantitative estimate of drug-likeness (QED) is 0.687. The molecule has 17 heavy (non-hydrogen) atoms. The molecule has 3 nitrogen and oxygen atoms in total. The van der Waals surface area contributed by atoms with Crippen LogP contribution in [-0.2, 0) is 0 Å². The van der Waals surface area contributed by atoms with Crippen molar-refractivity contribution in [3.05, 3.63) is 18.5 Å². The molecule has 0 saturated heterocycles. The van der Waals surface area contributed by atoms with Gasteiger partial charge in [-0.1, -0.05) is 33.6 Å². The number of aromatic nitrogens is 2. The lowest BCUT2D eigenvalue weighted by molar-refractivity contribution is 0.155. The zero-order valence-corrected chi connectivity index (χ0v) is 11.2. The summed E-state index contributed by atoms with van der Waals surface area (Å²) in [6.45, 7) is 6.72. The van der Waals surface area contributed by atoms with Crippen LogP contribution in [0.5, 0.6) is 6.01 Å².